The van der Waals surface area contributed by atoms with Gasteiger partial charge in [-0.3, -0.25) is 4.79 Å². The maximum Gasteiger partial charge on any atom is 0.239 e. The Morgan fingerprint density at radius 2 is 2.05 bits per heavy atom. The van der Waals surface area contributed by atoms with E-state index >= 15 is 0 Å². The molecule has 0 saturated carbocycles. The summed E-state index contributed by atoms with van der Waals surface area (Å²) in [5.74, 6) is 0.104. The Hall–Kier alpha value is -1.35. The molecule has 1 fully saturated rings. The van der Waals surface area contributed by atoms with Crippen molar-refractivity contribution < 1.29 is 4.79 Å². The summed E-state index contributed by atoms with van der Waals surface area (Å²) >= 11 is 0. The summed E-state index contributed by atoms with van der Waals surface area (Å²) in [7, 11) is 0. The van der Waals surface area contributed by atoms with E-state index in [0.29, 0.717) is 0 Å². The second-order valence-corrected chi connectivity index (χ2v) is 6.44. The van der Waals surface area contributed by atoms with Gasteiger partial charge in [-0.25, -0.2) is 0 Å². The molecule has 2 atom stereocenters. The highest BCUT2D eigenvalue weighted by molar-refractivity contribution is 5.81. The van der Waals surface area contributed by atoms with Gasteiger partial charge in [-0.1, -0.05) is 24.3 Å². The topological polar surface area (TPSA) is 46.3 Å². The Kier molecular flexibility index (Phi) is 3.55. The molecule has 20 heavy (non-hydrogen) atoms. The van der Waals surface area contributed by atoms with Crippen molar-refractivity contribution in [3.8, 4) is 0 Å². The third-order valence-corrected chi connectivity index (χ3v) is 4.97. The first kappa shape index (κ1) is 13.6. The number of nitrogens with two attached hydrogens (primary N) is 1. The highest BCUT2D eigenvalue weighted by atomic mass is 16.2. The molecule has 1 heterocycles. The van der Waals surface area contributed by atoms with Gasteiger partial charge in [0.1, 0.15) is 0 Å². The minimum absolute atomic E-state index is 0.104. The molecule has 1 amide bonds. The maximum absolute atomic E-state index is 12.2. The predicted molar refractivity (Wildman–Crippen MR) is 80.5 cm³/mol. The van der Waals surface area contributed by atoms with Crippen LogP contribution in [-0.4, -0.2) is 29.9 Å². The van der Waals surface area contributed by atoms with Crippen LogP contribution in [0, 0.1) is 0 Å². The summed E-state index contributed by atoms with van der Waals surface area (Å²) in [5.41, 5.74) is 8.93. The lowest BCUT2D eigenvalue weighted by atomic mass is 9.66. The van der Waals surface area contributed by atoms with Gasteiger partial charge in [0.2, 0.25) is 5.91 Å². The van der Waals surface area contributed by atoms with E-state index in [9.17, 15) is 4.79 Å². The average molecular weight is 272 g/mol. The molecular weight excluding hydrogens is 248 g/mol. The monoisotopic (exact) mass is 272 g/mol. The lowest BCUT2D eigenvalue weighted by molar-refractivity contribution is -0.134. The normalized spacial score (nSPS) is 27.2. The number of amides is 1. The van der Waals surface area contributed by atoms with E-state index in [1.165, 1.54) is 36.8 Å². The number of hydrogen-bond donors (Lipinski definition) is 1. The average Bonchev–Trinajstić information content (AvgIpc) is 2.47. The van der Waals surface area contributed by atoms with Gasteiger partial charge in [-0.15, -0.1) is 0 Å². The van der Waals surface area contributed by atoms with Crippen molar-refractivity contribution in [2.75, 3.05) is 13.1 Å². The van der Waals surface area contributed by atoms with E-state index in [0.717, 1.165) is 19.5 Å². The third-order valence-electron chi connectivity index (χ3n) is 4.97. The molecule has 0 aromatic heterocycles. The van der Waals surface area contributed by atoms with Crippen LogP contribution in [0.5, 0.6) is 0 Å². The van der Waals surface area contributed by atoms with E-state index in [1.54, 1.807) is 6.92 Å². The molecule has 108 valence electrons. The fraction of sp³-hybridized carbons (Fsp3) is 0.588. The number of rotatable bonds is 1. The fourth-order valence-electron chi connectivity index (χ4n) is 4.04. The van der Waals surface area contributed by atoms with Crippen LogP contribution >= 0.6 is 0 Å². The van der Waals surface area contributed by atoms with Gasteiger partial charge in [0.25, 0.3) is 0 Å². The van der Waals surface area contributed by atoms with Gasteiger partial charge in [0.05, 0.1) is 6.04 Å². The summed E-state index contributed by atoms with van der Waals surface area (Å²) in [6.07, 6.45) is 5.91. The van der Waals surface area contributed by atoms with E-state index in [-0.39, 0.29) is 17.4 Å². The van der Waals surface area contributed by atoms with E-state index < -0.39 is 0 Å². The Morgan fingerprint density at radius 3 is 2.85 bits per heavy atom. The zero-order valence-electron chi connectivity index (χ0n) is 12.3. The Labute approximate surface area is 121 Å². The summed E-state index contributed by atoms with van der Waals surface area (Å²) in [4.78, 5) is 14.2. The number of carbonyl (C=O) groups excluding carboxylic acids is 1. The summed E-state index contributed by atoms with van der Waals surface area (Å²) < 4.78 is 0. The zero-order chi connectivity index (χ0) is 14.2. The molecule has 3 heteroatoms. The van der Waals surface area contributed by atoms with Crippen molar-refractivity contribution in [2.45, 2.75) is 50.5 Å². The minimum atomic E-state index is -0.385. The van der Waals surface area contributed by atoms with Crippen LogP contribution in [0.25, 0.3) is 0 Å². The van der Waals surface area contributed by atoms with Gasteiger partial charge >= 0.3 is 0 Å². The van der Waals surface area contributed by atoms with Crippen molar-refractivity contribution >= 4 is 5.91 Å². The van der Waals surface area contributed by atoms with Crippen LogP contribution in [-0.2, 0) is 16.6 Å². The number of carbonyl (C=O) groups is 1. The molecule has 1 aromatic rings. The molecule has 1 aliphatic heterocycles. The molecule has 0 bridgehead atoms. The summed E-state index contributed by atoms with van der Waals surface area (Å²) in [5, 5.41) is 0. The summed E-state index contributed by atoms with van der Waals surface area (Å²) in [6.45, 7) is 3.51. The molecule has 2 N–H and O–H groups in total. The second kappa shape index (κ2) is 5.21. The molecule has 3 nitrogen and oxygen atoms in total. The lowest BCUT2D eigenvalue weighted by Crippen LogP contribution is -2.53. The predicted octanol–water partition coefficient (Wildman–Crippen LogP) is 2.23. The number of likely N-dealkylation sites (tertiary alicyclic amines) is 1. The number of piperidine rings is 1. The van der Waals surface area contributed by atoms with Gasteiger partial charge < -0.3 is 10.6 Å². The first-order chi connectivity index (χ1) is 9.62. The van der Waals surface area contributed by atoms with Crippen LogP contribution in [0.2, 0.25) is 0 Å². The van der Waals surface area contributed by atoms with Crippen LogP contribution in [0.4, 0.5) is 0 Å². The Bertz CT molecular complexity index is 511. The highest BCUT2D eigenvalue weighted by Crippen LogP contribution is 2.43. The van der Waals surface area contributed by atoms with Crippen LogP contribution < -0.4 is 5.73 Å². The molecule has 2 aliphatic rings. The number of nitrogens with zero attached hydrogens (tertiary/aromatic N) is 1. The fourth-order valence-corrected chi connectivity index (χ4v) is 4.04. The van der Waals surface area contributed by atoms with Crippen LogP contribution in [0.15, 0.2) is 24.3 Å². The molecule has 3 rings (SSSR count). The number of benzene rings is 1. The van der Waals surface area contributed by atoms with Gasteiger partial charge in [0.15, 0.2) is 0 Å². The smallest absolute Gasteiger partial charge is 0.239 e. The van der Waals surface area contributed by atoms with Crippen molar-refractivity contribution in [3.05, 3.63) is 35.4 Å². The maximum atomic E-state index is 12.2. The van der Waals surface area contributed by atoms with Gasteiger partial charge in [-0.05, 0) is 50.2 Å². The number of hydrogen-bond acceptors (Lipinski definition) is 2. The molecule has 1 aliphatic carbocycles. The van der Waals surface area contributed by atoms with Crippen molar-refractivity contribution in [1.29, 1.82) is 0 Å². The third kappa shape index (κ3) is 2.24. The minimum Gasteiger partial charge on any atom is -0.340 e. The first-order valence-electron chi connectivity index (χ1n) is 7.75. The first-order valence-corrected chi connectivity index (χ1v) is 7.75. The van der Waals surface area contributed by atoms with Crippen molar-refractivity contribution in [3.63, 3.8) is 0 Å². The van der Waals surface area contributed by atoms with E-state index in [4.69, 9.17) is 5.73 Å². The SMILES string of the molecule is C[C@@H](N)C(=O)N1CCCC2(CCCc3ccccc32)C1. The molecular formula is C17H24N2O. The van der Waals surface area contributed by atoms with Gasteiger partial charge in [0, 0.05) is 18.5 Å². The molecule has 1 aromatic carbocycles. The van der Waals surface area contributed by atoms with Crippen LogP contribution in [0.3, 0.4) is 0 Å². The zero-order valence-corrected chi connectivity index (χ0v) is 12.3. The largest absolute Gasteiger partial charge is 0.340 e. The lowest BCUT2D eigenvalue weighted by Gasteiger charge is -2.46. The molecule has 1 saturated heterocycles. The highest BCUT2D eigenvalue weighted by Gasteiger charge is 2.41. The Morgan fingerprint density at radius 1 is 1.30 bits per heavy atom. The molecule has 1 spiro atoms. The molecule has 0 radical (unpaired) electrons. The van der Waals surface area contributed by atoms with Crippen molar-refractivity contribution in [2.24, 2.45) is 5.73 Å². The second-order valence-electron chi connectivity index (χ2n) is 6.44. The Balaban J connectivity index is 1.91. The standard InChI is InChI=1S/C17H24N2O/c1-13(18)16(20)19-11-5-10-17(12-19)9-4-7-14-6-2-3-8-15(14)17/h2-3,6,8,13H,4-5,7,9-12,18H2,1H3/t13-,17?/m1/s1. The summed E-state index contributed by atoms with van der Waals surface area (Å²) in [6, 6.07) is 8.41. The quantitative estimate of drug-likeness (QED) is 0.852. The number of fused-ring (bicyclic) bond motifs is 2. The molecule has 1 unspecified atom stereocenters. The van der Waals surface area contributed by atoms with Gasteiger partial charge in [-0.2, -0.15) is 0 Å². The van der Waals surface area contributed by atoms with Crippen LogP contribution in [0.1, 0.15) is 43.7 Å². The van der Waals surface area contributed by atoms with E-state index in [1.807, 2.05) is 4.90 Å². The van der Waals surface area contributed by atoms with Crippen molar-refractivity contribution in [1.82, 2.24) is 4.90 Å². The van der Waals surface area contributed by atoms with E-state index in [2.05, 4.69) is 24.3 Å². The number of aryl methyl sites for hydroxylation is 1.